The zero-order valence-electron chi connectivity index (χ0n) is 16.1. The number of nitrogens with two attached hydrogens (primary N) is 1. The number of anilines is 2. The lowest BCUT2D eigenvalue weighted by molar-refractivity contribution is -0.121. The molecule has 0 bridgehead atoms. The van der Waals surface area contributed by atoms with Gasteiger partial charge in [-0.25, -0.2) is 0 Å². The van der Waals surface area contributed by atoms with Crippen molar-refractivity contribution < 1.29 is 9.59 Å². The zero-order chi connectivity index (χ0) is 19.5. The molecule has 3 N–H and O–H groups in total. The predicted octanol–water partition coefficient (Wildman–Crippen LogP) is 3.27. The summed E-state index contributed by atoms with van der Waals surface area (Å²) in [7, 11) is 0. The Bertz CT molecular complexity index is 862. The molecule has 2 amide bonds. The van der Waals surface area contributed by atoms with Gasteiger partial charge in [0, 0.05) is 29.9 Å². The largest absolute Gasteiger partial charge is 0.328 e. The van der Waals surface area contributed by atoms with Crippen molar-refractivity contribution in [2.24, 2.45) is 11.7 Å². The van der Waals surface area contributed by atoms with E-state index in [4.69, 9.17) is 5.73 Å². The van der Waals surface area contributed by atoms with E-state index >= 15 is 0 Å². The van der Waals surface area contributed by atoms with Crippen molar-refractivity contribution in [3.05, 3.63) is 59.7 Å². The van der Waals surface area contributed by atoms with Crippen LogP contribution < -0.4 is 16.0 Å². The minimum atomic E-state index is 0.000221. The minimum Gasteiger partial charge on any atom is -0.328 e. The van der Waals surface area contributed by atoms with Crippen LogP contribution in [0.1, 0.15) is 36.8 Å². The number of benzene rings is 2. The van der Waals surface area contributed by atoms with Gasteiger partial charge < -0.3 is 16.0 Å². The number of hydrogen-bond acceptors (Lipinski definition) is 3. The first-order chi connectivity index (χ1) is 13.6. The summed E-state index contributed by atoms with van der Waals surface area (Å²) >= 11 is 0. The normalized spacial score (nSPS) is 21.2. The van der Waals surface area contributed by atoms with Crippen molar-refractivity contribution >= 4 is 23.2 Å². The van der Waals surface area contributed by atoms with Gasteiger partial charge in [-0.05, 0) is 55.0 Å². The van der Waals surface area contributed by atoms with Crippen LogP contribution in [0.15, 0.2) is 48.5 Å². The van der Waals surface area contributed by atoms with Crippen molar-refractivity contribution in [3.63, 3.8) is 0 Å². The molecule has 1 saturated carbocycles. The maximum absolute atomic E-state index is 12.7. The van der Waals surface area contributed by atoms with E-state index in [2.05, 4.69) is 11.4 Å². The maximum atomic E-state index is 12.7. The summed E-state index contributed by atoms with van der Waals surface area (Å²) in [6.07, 6.45) is 4.96. The summed E-state index contributed by atoms with van der Waals surface area (Å²) in [6, 6.07) is 15.8. The molecular formula is C23H27N3O2. The molecule has 5 heteroatoms. The van der Waals surface area contributed by atoms with E-state index in [-0.39, 0.29) is 23.8 Å². The lowest BCUT2D eigenvalue weighted by atomic mass is 9.85. The SMILES string of the molecule is NC1CCCC(C(=O)Nc2ccc(CC(=O)N3CCc4ccccc43)cc2)C1. The van der Waals surface area contributed by atoms with E-state index in [1.165, 1.54) is 5.56 Å². The highest BCUT2D eigenvalue weighted by atomic mass is 16.2. The van der Waals surface area contributed by atoms with Crippen LogP contribution in [0.5, 0.6) is 0 Å². The molecule has 5 nitrogen and oxygen atoms in total. The van der Waals surface area contributed by atoms with Gasteiger partial charge in [0.1, 0.15) is 0 Å². The zero-order valence-corrected chi connectivity index (χ0v) is 16.1. The van der Waals surface area contributed by atoms with Gasteiger partial charge in [0.05, 0.1) is 6.42 Å². The van der Waals surface area contributed by atoms with Crippen LogP contribution in [0.25, 0.3) is 0 Å². The van der Waals surface area contributed by atoms with E-state index < -0.39 is 0 Å². The fourth-order valence-electron chi connectivity index (χ4n) is 4.28. The predicted molar refractivity (Wildman–Crippen MR) is 111 cm³/mol. The quantitative estimate of drug-likeness (QED) is 0.859. The van der Waals surface area contributed by atoms with Crippen molar-refractivity contribution in [2.45, 2.75) is 44.6 Å². The number of hydrogen-bond donors (Lipinski definition) is 2. The van der Waals surface area contributed by atoms with Crippen LogP contribution in [0.4, 0.5) is 11.4 Å². The van der Waals surface area contributed by atoms with Gasteiger partial charge >= 0.3 is 0 Å². The molecule has 2 aromatic carbocycles. The molecule has 2 atom stereocenters. The second kappa shape index (κ2) is 8.15. The summed E-state index contributed by atoms with van der Waals surface area (Å²) in [5, 5.41) is 2.99. The molecule has 2 aliphatic rings. The van der Waals surface area contributed by atoms with Gasteiger partial charge in [0.2, 0.25) is 11.8 Å². The van der Waals surface area contributed by atoms with Crippen LogP contribution in [0.3, 0.4) is 0 Å². The highest BCUT2D eigenvalue weighted by Gasteiger charge is 2.26. The molecule has 0 radical (unpaired) electrons. The van der Waals surface area contributed by atoms with Crippen molar-refractivity contribution in [1.29, 1.82) is 0 Å². The molecule has 0 aromatic heterocycles. The van der Waals surface area contributed by atoms with Gasteiger partial charge in [0.25, 0.3) is 0 Å². The Kier molecular flexibility index (Phi) is 5.44. The standard InChI is InChI=1S/C23H27N3O2/c24-19-6-3-5-18(15-19)23(28)25-20-10-8-16(9-11-20)14-22(27)26-13-12-17-4-1-2-7-21(17)26/h1-2,4,7-11,18-19H,3,5-6,12-15,24H2,(H,25,28). The Morgan fingerprint density at radius 2 is 1.86 bits per heavy atom. The Morgan fingerprint density at radius 1 is 1.07 bits per heavy atom. The Labute approximate surface area is 165 Å². The number of nitrogens with zero attached hydrogens (tertiary/aromatic N) is 1. The van der Waals surface area contributed by atoms with Crippen LogP contribution in [-0.4, -0.2) is 24.4 Å². The summed E-state index contributed by atoms with van der Waals surface area (Å²) in [6.45, 7) is 0.746. The molecule has 146 valence electrons. The number of rotatable bonds is 4. The number of amides is 2. The van der Waals surface area contributed by atoms with E-state index in [1.807, 2.05) is 47.4 Å². The monoisotopic (exact) mass is 377 g/mol. The van der Waals surface area contributed by atoms with Gasteiger partial charge in [-0.15, -0.1) is 0 Å². The molecule has 0 saturated heterocycles. The number of carbonyl (C=O) groups is 2. The number of nitrogens with one attached hydrogen (secondary N) is 1. The fraction of sp³-hybridized carbons (Fsp3) is 0.391. The summed E-state index contributed by atoms with van der Waals surface area (Å²) < 4.78 is 0. The number of fused-ring (bicyclic) bond motifs is 1. The van der Waals surface area contributed by atoms with Crippen LogP contribution in [0.2, 0.25) is 0 Å². The first kappa shape index (κ1) is 18.7. The molecular weight excluding hydrogens is 350 g/mol. The highest BCUT2D eigenvalue weighted by Crippen LogP contribution is 2.28. The molecule has 28 heavy (non-hydrogen) atoms. The molecule has 1 aliphatic heterocycles. The second-order valence-electron chi connectivity index (χ2n) is 7.91. The van der Waals surface area contributed by atoms with Gasteiger partial charge in [-0.1, -0.05) is 36.8 Å². The van der Waals surface area contributed by atoms with E-state index in [0.29, 0.717) is 6.42 Å². The highest BCUT2D eigenvalue weighted by molar-refractivity contribution is 5.97. The lowest BCUT2D eigenvalue weighted by Gasteiger charge is -2.25. The maximum Gasteiger partial charge on any atom is 0.231 e. The Morgan fingerprint density at radius 3 is 2.64 bits per heavy atom. The molecule has 1 aliphatic carbocycles. The fourth-order valence-corrected chi connectivity index (χ4v) is 4.28. The van der Waals surface area contributed by atoms with Gasteiger partial charge in [-0.3, -0.25) is 9.59 Å². The van der Waals surface area contributed by atoms with Crippen molar-refractivity contribution in [2.75, 3.05) is 16.8 Å². The first-order valence-corrected chi connectivity index (χ1v) is 10.1. The van der Waals surface area contributed by atoms with Gasteiger partial charge in [0.15, 0.2) is 0 Å². The van der Waals surface area contributed by atoms with Crippen molar-refractivity contribution in [1.82, 2.24) is 0 Å². The topological polar surface area (TPSA) is 75.4 Å². The summed E-state index contributed by atoms with van der Waals surface area (Å²) in [5.41, 5.74) is 9.97. The van der Waals surface area contributed by atoms with Crippen LogP contribution in [-0.2, 0) is 22.4 Å². The number of carbonyl (C=O) groups excluding carboxylic acids is 2. The molecule has 1 fully saturated rings. The molecule has 2 unspecified atom stereocenters. The third kappa shape index (κ3) is 4.09. The lowest BCUT2D eigenvalue weighted by Crippen LogP contribution is -2.34. The Balaban J connectivity index is 1.35. The smallest absolute Gasteiger partial charge is 0.231 e. The molecule has 0 spiro atoms. The average Bonchev–Trinajstić information content (AvgIpc) is 3.14. The third-order valence-electron chi connectivity index (χ3n) is 5.85. The third-order valence-corrected chi connectivity index (χ3v) is 5.85. The second-order valence-corrected chi connectivity index (χ2v) is 7.91. The van der Waals surface area contributed by atoms with Crippen LogP contribution >= 0.6 is 0 Å². The molecule has 4 rings (SSSR count). The molecule has 2 aromatic rings. The van der Waals surface area contributed by atoms with E-state index in [9.17, 15) is 9.59 Å². The van der Waals surface area contributed by atoms with E-state index in [0.717, 1.165) is 55.6 Å². The van der Waals surface area contributed by atoms with Crippen molar-refractivity contribution in [3.8, 4) is 0 Å². The minimum absolute atomic E-state index is 0.000221. The molecule has 1 heterocycles. The van der Waals surface area contributed by atoms with Gasteiger partial charge in [-0.2, -0.15) is 0 Å². The number of para-hydroxylation sites is 1. The summed E-state index contributed by atoms with van der Waals surface area (Å²) in [5.74, 6) is 0.158. The first-order valence-electron chi connectivity index (χ1n) is 10.1. The summed E-state index contributed by atoms with van der Waals surface area (Å²) in [4.78, 5) is 27.0. The average molecular weight is 377 g/mol. The van der Waals surface area contributed by atoms with E-state index in [1.54, 1.807) is 0 Å². The van der Waals surface area contributed by atoms with Crippen LogP contribution in [0, 0.1) is 5.92 Å². The Hall–Kier alpha value is -2.66.